The first-order valence-electron chi connectivity index (χ1n) is 8.28. The zero-order valence-corrected chi connectivity index (χ0v) is 13.5. The number of hydrogen-bond acceptors (Lipinski definition) is 5. The van der Waals surface area contributed by atoms with Crippen molar-refractivity contribution in [3.05, 3.63) is 54.1 Å². The molecule has 0 spiro atoms. The number of rotatable bonds is 4. The number of para-hydroxylation sites is 2. The average Bonchev–Trinajstić information content (AvgIpc) is 2.99. The summed E-state index contributed by atoms with van der Waals surface area (Å²) in [6, 6.07) is 15.9. The second-order valence-electron chi connectivity index (χ2n) is 6.01. The Kier molecular flexibility index (Phi) is 4.53. The zero-order valence-electron chi connectivity index (χ0n) is 13.5. The van der Waals surface area contributed by atoms with Gasteiger partial charge in [0.2, 0.25) is 6.79 Å². The zero-order chi connectivity index (χ0) is 16.2. The van der Waals surface area contributed by atoms with E-state index in [1.165, 1.54) is 0 Å². The minimum atomic E-state index is 0.0174. The molecule has 1 saturated heterocycles. The lowest BCUT2D eigenvalue weighted by Crippen LogP contribution is -2.35. The van der Waals surface area contributed by atoms with Crippen molar-refractivity contribution in [1.29, 1.82) is 0 Å². The Balaban J connectivity index is 1.44. The van der Waals surface area contributed by atoms with Crippen LogP contribution in [0.1, 0.15) is 5.56 Å². The van der Waals surface area contributed by atoms with Gasteiger partial charge in [-0.1, -0.05) is 30.3 Å². The van der Waals surface area contributed by atoms with Crippen molar-refractivity contribution < 1.29 is 18.9 Å². The van der Waals surface area contributed by atoms with E-state index >= 15 is 0 Å². The first-order valence-corrected chi connectivity index (χ1v) is 8.28. The van der Waals surface area contributed by atoms with Crippen LogP contribution in [0, 0.1) is 0 Å². The van der Waals surface area contributed by atoms with E-state index in [9.17, 15) is 0 Å². The first kappa shape index (κ1) is 15.3. The van der Waals surface area contributed by atoms with Crippen molar-refractivity contribution in [1.82, 2.24) is 4.90 Å². The van der Waals surface area contributed by atoms with Gasteiger partial charge in [-0.05, 0) is 18.2 Å². The largest absolute Gasteiger partial charge is 0.487 e. The molecule has 0 aliphatic carbocycles. The van der Waals surface area contributed by atoms with E-state index in [0.29, 0.717) is 20.0 Å². The normalized spacial score (nSPS) is 20.6. The highest BCUT2D eigenvalue weighted by molar-refractivity contribution is 5.48. The summed E-state index contributed by atoms with van der Waals surface area (Å²) >= 11 is 0. The monoisotopic (exact) mass is 327 g/mol. The van der Waals surface area contributed by atoms with Crippen LogP contribution in [-0.2, 0) is 11.3 Å². The molecule has 4 rings (SSSR count). The molecule has 2 heterocycles. The van der Waals surface area contributed by atoms with Crippen LogP contribution in [-0.4, -0.2) is 44.1 Å². The predicted molar refractivity (Wildman–Crippen MR) is 89.5 cm³/mol. The summed E-state index contributed by atoms with van der Waals surface area (Å²) in [5.41, 5.74) is 1.14. The summed E-state index contributed by atoms with van der Waals surface area (Å²) in [5.74, 6) is 2.57. The van der Waals surface area contributed by atoms with E-state index in [4.69, 9.17) is 18.9 Å². The highest BCUT2D eigenvalue weighted by Gasteiger charge is 2.23. The Bertz CT molecular complexity index is 676. The van der Waals surface area contributed by atoms with E-state index < -0.39 is 0 Å². The van der Waals surface area contributed by atoms with Crippen molar-refractivity contribution in [2.75, 3.05) is 33.1 Å². The molecule has 0 amide bonds. The maximum Gasteiger partial charge on any atom is 0.231 e. The lowest BCUT2D eigenvalue weighted by molar-refractivity contribution is 0.0710. The Morgan fingerprint density at radius 1 is 1.04 bits per heavy atom. The molecule has 0 unspecified atom stereocenters. The summed E-state index contributed by atoms with van der Waals surface area (Å²) in [6.45, 7) is 4.11. The lowest BCUT2D eigenvalue weighted by atomic mass is 10.1. The summed E-state index contributed by atoms with van der Waals surface area (Å²) in [4.78, 5) is 2.35. The van der Waals surface area contributed by atoms with Gasteiger partial charge in [-0.25, -0.2) is 0 Å². The number of fused-ring (bicyclic) bond motifs is 1. The summed E-state index contributed by atoms with van der Waals surface area (Å²) in [6.07, 6.45) is 0.0174. The van der Waals surface area contributed by atoms with Crippen molar-refractivity contribution in [2.24, 2.45) is 0 Å². The third-order valence-electron chi connectivity index (χ3n) is 4.24. The number of benzene rings is 2. The molecule has 0 aromatic heterocycles. The fourth-order valence-corrected chi connectivity index (χ4v) is 3.10. The van der Waals surface area contributed by atoms with E-state index in [1.54, 1.807) is 0 Å². The van der Waals surface area contributed by atoms with Crippen LogP contribution in [0.4, 0.5) is 0 Å². The molecule has 24 heavy (non-hydrogen) atoms. The second-order valence-corrected chi connectivity index (χ2v) is 6.01. The Hall–Kier alpha value is -2.24. The highest BCUT2D eigenvalue weighted by Crippen LogP contribution is 2.36. The van der Waals surface area contributed by atoms with Crippen LogP contribution in [0.5, 0.6) is 17.2 Å². The molecule has 1 fully saturated rings. The van der Waals surface area contributed by atoms with Gasteiger partial charge in [0.25, 0.3) is 0 Å². The van der Waals surface area contributed by atoms with Gasteiger partial charge >= 0.3 is 0 Å². The van der Waals surface area contributed by atoms with Crippen LogP contribution in [0.3, 0.4) is 0 Å². The third kappa shape index (κ3) is 3.47. The number of nitrogens with zero attached hydrogens (tertiary/aromatic N) is 1. The van der Waals surface area contributed by atoms with Gasteiger partial charge in [0.15, 0.2) is 11.5 Å². The molecule has 2 aromatic carbocycles. The summed E-state index contributed by atoms with van der Waals surface area (Å²) in [7, 11) is 0. The topological polar surface area (TPSA) is 40.2 Å². The average molecular weight is 327 g/mol. The van der Waals surface area contributed by atoms with Crippen LogP contribution in [0.15, 0.2) is 48.5 Å². The van der Waals surface area contributed by atoms with Gasteiger partial charge in [0.05, 0.1) is 13.2 Å². The van der Waals surface area contributed by atoms with Gasteiger partial charge in [0.1, 0.15) is 11.9 Å². The second kappa shape index (κ2) is 7.11. The maximum absolute atomic E-state index is 6.07. The Morgan fingerprint density at radius 3 is 2.88 bits per heavy atom. The van der Waals surface area contributed by atoms with Crippen molar-refractivity contribution in [3.63, 3.8) is 0 Å². The first-order chi connectivity index (χ1) is 11.9. The predicted octanol–water partition coefficient (Wildman–Crippen LogP) is 2.70. The van der Waals surface area contributed by atoms with E-state index in [-0.39, 0.29) is 6.10 Å². The molecule has 5 nitrogen and oxygen atoms in total. The van der Waals surface area contributed by atoms with Crippen LogP contribution >= 0.6 is 0 Å². The van der Waals surface area contributed by atoms with Gasteiger partial charge < -0.3 is 18.9 Å². The standard InChI is InChI=1S/C19H21NO4/c1-2-6-16(7-3-1)24-17-12-20(9-10-21-13-17)11-15-5-4-8-18-19(15)23-14-22-18/h1-8,17H,9-14H2/t17-/m1/s1. The molecule has 0 saturated carbocycles. The molecule has 5 heteroatoms. The van der Waals surface area contributed by atoms with E-state index in [2.05, 4.69) is 11.0 Å². The maximum atomic E-state index is 6.07. The smallest absolute Gasteiger partial charge is 0.231 e. The van der Waals surface area contributed by atoms with Crippen LogP contribution in [0.2, 0.25) is 0 Å². The van der Waals surface area contributed by atoms with Gasteiger partial charge in [0, 0.05) is 25.2 Å². The fraction of sp³-hybridized carbons (Fsp3) is 0.368. The van der Waals surface area contributed by atoms with Crippen LogP contribution < -0.4 is 14.2 Å². The molecular formula is C19H21NO4. The van der Waals surface area contributed by atoms with Crippen molar-refractivity contribution in [2.45, 2.75) is 12.6 Å². The Labute approximate surface area is 141 Å². The number of hydrogen-bond donors (Lipinski definition) is 0. The van der Waals surface area contributed by atoms with Gasteiger partial charge in [-0.2, -0.15) is 0 Å². The molecule has 0 bridgehead atoms. The molecule has 0 N–H and O–H groups in total. The van der Waals surface area contributed by atoms with Crippen molar-refractivity contribution >= 4 is 0 Å². The van der Waals surface area contributed by atoms with Gasteiger partial charge in [-0.15, -0.1) is 0 Å². The fourth-order valence-electron chi connectivity index (χ4n) is 3.10. The summed E-state index contributed by atoms with van der Waals surface area (Å²) < 4.78 is 22.9. The Morgan fingerprint density at radius 2 is 1.96 bits per heavy atom. The minimum Gasteiger partial charge on any atom is -0.487 e. The van der Waals surface area contributed by atoms with Gasteiger partial charge in [-0.3, -0.25) is 4.90 Å². The van der Waals surface area contributed by atoms with E-state index in [1.807, 2.05) is 42.5 Å². The van der Waals surface area contributed by atoms with E-state index in [0.717, 1.165) is 42.4 Å². The quantitative estimate of drug-likeness (QED) is 0.863. The highest BCUT2D eigenvalue weighted by atomic mass is 16.7. The lowest BCUT2D eigenvalue weighted by Gasteiger charge is -2.24. The summed E-state index contributed by atoms with van der Waals surface area (Å²) in [5, 5.41) is 0. The molecule has 2 aliphatic heterocycles. The molecule has 0 radical (unpaired) electrons. The SMILES string of the molecule is c1ccc(O[C@H]2COCCN(Cc3cccc4c3OCO4)C2)cc1. The van der Waals surface area contributed by atoms with Crippen LogP contribution in [0.25, 0.3) is 0 Å². The number of ether oxygens (including phenoxy) is 4. The minimum absolute atomic E-state index is 0.0174. The molecule has 1 atom stereocenters. The molecule has 2 aromatic rings. The molecular weight excluding hydrogens is 306 g/mol. The third-order valence-corrected chi connectivity index (χ3v) is 4.24. The molecule has 2 aliphatic rings. The van der Waals surface area contributed by atoms with Crippen molar-refractivity contribution in [3.8, 4) is 17.2 Å². The molecule has 126 valence electrons.